The van der Waals surface area contributed by atoms with Gasteiger partial charge in [-0.2, -0.15) is 0 Å². The van der Waals surface area contributed by atoms with Crippen LogP contribution < -0.4 is 4.72 Å². The number of nitrogens with zero attached hydrogens (tertiary/aromatic N) is 1. The first-order valence-corrected chi connectivity index (χ1v) is 6.66. The highest BCUT2D eigenvalue weighted by atomic mass is 35.5. The second-order valence-corrected chi connectivity index (χ2v) is 5.60. The zero-order valence-corrected chi connectivity index (χ0v) is 9.96. The van der Waals surface area contributed by atoms with Crippen molar-refractivity contribution in [2.24, 2.45) is 0 Å². The van der Waals surface area contributed by atoms with Gasteiger partial charge in [0.15, 0.2) is 0 Å². The molecule has 1 aromatic heterocycles. The second-order valence-electron chi connectivity index (χ2n) is 3.50. The zero-order valence-electron chi connectivity index (χ0n) is 8.39. The molecule has 1 N–H and O–H groups in total. The lowest BCUT2D eigenvalue weighted by Crippen LogP contribution is -2.35. The highest BCUT2D eigenvalue weighted by molar-refractivity contribution is 7.89. The summed E-state index contributed by atoms with van der Waals surface area (Å²) in [6.45, 7) is 1.01. The van der Waals surface area contributed by atoms with Crippen LogP contribution in [0, 0.1) is 0 Å². The summed E-state index contributed by atoms with van der Waals surface area (Å²) in [4.78, 5) is 3.85. The Balaban J connectivity index is 2.14. The van der Waals surface area contributed by atoms with Crippen molar-refractivity contribution in [2.45, 2.75) is 17.4 Å². The summed E-state index contributed by atoms with van der Waals surface area (Å²) in [5, 5.41) is 0.267. The summed E-state index contributed by atoms with van der Waals surface area (Å²) >= 11 is 5.59. The molecule has 1 saturated heterocycles. The van der Waals surface area contributed by atoms with Crippen molar-refractivity contribution in [3.8, 4) is 0 Å². The van der Waals surface area contributed by atoms with Crippen molar-refractivity contribution in [1.82, 2.24) is 9.71 Å². The van der Waals surface area contributed by atoms with Gasteiger partial charge in [0, 0.05) is 18.8 Å². The Labute approximate surface area is 98.8 Å². The molecule has 88 valence electrons. The van der Waals surface area contributed by atoms with E-state index < -0.39 is 10.0 Å². The van der Waals surface area contributed by atoms with Gasteiger partial charge >= 0.3 is 0 Å². The number of sulfonamides is 1. The average Bonchev–Trinajstić information content (AvgIpc) is 2.70. The molecule has 1 aliphatic heterocycles. The van der Waals surface area contributed by atoms with E-state index in [1.54, 1.807) is 0 Å². The number of hydrogen-bond acceptors (Lipinski definition) is 4. The van der Waals surface area contributed by atoms with Crippen molar-refractivity contribution < 1.29 is 13.2 Å². The van der Waals surface area contributed by atoms with Crippen molar-refractivity contribution in [2.75, 3.05) is 13.2 Å². The third-order valence-electron chi connectivity index (χ3n) is 2.26. The number of rotatable bonds is 3. The van der Waals surface area contributed by atoms with Gasteiger partial charge in [0.25, 0.3) is 0 Å². The lowest BCUT2D eigenvalue weighted by Gasteiger charge is -2.10. The normalized spacial score (nSPS) is 21.2. The van der Waals surface area contributed by atoms with Crippen LogP contribution in [0.25, 0.3) is 0 Å². The standard InChI is InChI=1S/C9H11ClN2O3S/c10-9-2-1-8(5-11-9)16(13,14)12-7-3-4-15-6-7/h1-2,5,7,12H,3-4,6H2/t7-/m0/s1. The van der Waals surface area contributed by atoms with Gasteiger partial charge in [0.05, 0.1) is 6.61 Å². The first-order valence-electron chi connectivity index (χ1n) is 4.79. The van der Waals surface area contributed by atoms with Crippen LogP contribution in [-0.2, 0) is 14.8 Å². The quantitative estimate of drug-likeness (QED) is 0.819. The smallest absolute Gasteiger partial charge is 0.242 e. The molecule has 16 heavy (non-hydrogen) atoms. The van der Waals surface area contributed by atoms with E-state index in [4.69, 9.17) is 16.3 Å². The van der Waals surface area contributed by atoms with Gasteiger partial charge in [-0.1, -0.05) is 11.6 Å². The Morgan fingerprint density at radius 1 is 1.50 bits per heavy atom. The van der Waals surface area contributed by atoms with Crippen molar-refractivity contribution >= 4 is 21.6 Å². The third-order valence-corrected chi connectivity index (χ3v) is 3.99. The van der Waals surface area contributed by atoms with E-state index in [9.17, 15) is 8.42 Å². The lowest BCUT2D eigenvalue weighted by atomic mass is 10.3. The van der Waals surface area contributed by atoms with E-state index in [2.05, 4.69) is 9.71 Å². The number of nitrogens with one attached hydrogen (secondary N) is 1. The molecule has 0 saturated carbocycles. The Kier molecular flexibility index (Phi) is 3.44. The van der Waals surface area contributed by atoms with Crippen molar-refractivity contribution in [1.29, 1.82) is 0 Å². The van der Waals surface area contributed by atoms with Crippen LogP contribution in [0.5, 0.6) is 0 Å². The van der Waals surface area contributed by atoms with E-state index in [1.165, 1.54) is 18.3 Å². The van der Waals surface area contributed by atoms with Gasteiger partial charge in [0.2, 0.25) is 10.0 Å². The molecule has 0 amide bonds. The highest BCUT2D eigenvalue weighted by Gasteiger charge is 2.23. The Morgan fingerprint density at radius 3 is 2.88 bits per heavy atom. The van der Waals surface area contributed by atoms with Crippen LogP contribution in [0.15, 0.2) is 23.2 Å². The molecular formula is C9H11ClN2O3S. The molecule has 2 heterocycles. The first-order chi connectivity index (χ1) is 7.58. The van der Waals surface area contributed by atoms with Gasteiger partial charge in [-0.25, -0.2) is 18.1 Å². The third kappa shape index (κ3) is 2.70. The van der Waals surface area contributed by atoms with Gasteiger partial charge in [-0.05, 0) is 18.6 Å². The van der Waals surface area contributed by atoms with Crippen molar-refractivity contribution in [3.63, 3.8) is 0 Å². The molecule has 1 atom stereocenters. The lowest BCUT2D eigenvalue weighted by molar-refractivity contribution is 0.192. The summed E-state index contributed by atoms with van der Waals surface area (Å²) in [5.41, 5.74) is 0. The minimum absolute atomic E-state index is 0.115. The molecule has 2 rings (SSSR count). The number of pyridine rings is 1. The molecular weight excluding hydrogens is 252 g/mol. The average molecular weight is 263 g/mol. The number of halogens is 1. The molecule has 5 nitrogen and oxygen atoms in total. The maximum Gasteiger partial charge on any atom is 0.242 e. The molecule has 1 aliphatic rings. The van der Waals surface area contributed by atoms with E-state index >= 15 is 0 Å². The molecule has 7 heteroatoms. The Morgan fingerprint density at radius 2 is 2.31 bits per heavy atom. The Hall–Kier alpha value is -0.690. The number of aromatic nitrogens is 1. The molecule has 0 aliphatic carbocycles. The summed E-state index contributed by atoms with van der Waals surface area (Å²) in [7, 11) is -3.51. The second kappa shape index (κ2) is 4.67. The van der Waals surface area contributed by atoms with Gasteiger partial charge in [-0.3, -0.25) is 0 Å². The van der Waals surface area contributed by atoms with Crippen LogP contribution in [0.2, 0.25) is 5.15 Å². The van der Waals surface area contributed by atoms with E-state index in [1.807, 2.05) is 0 Å². The SMILES string of the molecule is O=S(=O)(N[C@H]1CCOC1)c1ccc(Cl)nc1. The van der Waals surface area contributed by atoms with E-state index in [-0.39, 0.29) is 16.1 Å². The zero-order chi connectivity index (χ0) is 11.6. The van der Waals surface area contributed by atoms with Crippen LogP contribution in [-0.4, -0.2) is 32.7 Å². The molecule has 0 radical (unpaired) electrons. The summed E-state index contributed by atoms with van der Waals surface area (Å²) < 4.78 is 31.3. The van der Waals surface area contributed by atoms with Crippen LogP contribution in [0.3, 0.4) is 0 Å². The first kappa shape index (κ1) is 11.8. The van der Waals surface area contributed by atoms with Crippen molar-refractivity contribution in [3.05, 3.63) is 23.5 Å². The van der Waals surface area contributed by atoms with Gasteiger partial charge in [-0.15, -0.1) is 0 Å². The molecule has 0 unspecified atom stereocenters. The summed E-state index contributed by atoms with van der Waals surface area (Å²) in [5.74, 6) is 0. The fraction of sp³-hybridized carbons (Fsp3) is 0.444. The minimum atomic E-state index is -3.51. The van der Waals surface area contributed by atoms with E-state index in [0.29, 0.717) is 19.6 Å². The number of hydrogen-bond donors (Lipinski definition) is 1. The van der Waals surface area contributed by atoms with Gasteiger partial charge < -0.3 is 4.74 Å². The summed E-state index contributed by atoms with van der Waals surface area (Å²) in [6, 6.07) is 2.72. The minimum Gasteiger partial charge on any atom is -0.380 e. The fourth-order valence-corrected chi connectivity index (χ4v) is 2.75. The van der Waals surface area contributed by atoms with Gasteiger partial charge in [0.1, 0.15) is 10.0 Å². The monoisotopic (exact) mass is 262 g/mol. The predicted octanol–water partition coefficient (Wildman–Crippen LogP) is 0.802. The fourth-order valence-electron chi connectivity index (χ4n) is 1.44. The topological polar surface area (TPSA) is 68.3 Å². The molecule has 0 aromatic carbocycles. The molecule has 0 spiro atoms. The highest BCUT2D eigenvalue weighted by Crippen LogP contribution is 2.13. The predicted molar refractivity (Wildman–Crippen MR) is 58.8 cm³/mol. The Bertz CT molecular complexity index is 454. The largest absolute Gasteiger partial charge is 0.380 e. The molecule has 1 fully saturated rings. The van der Waals surface area contributed by atoms with Crippen LogP contribution in [0.1, 0.15) is 6.42 Å². The van der Waals surface area contributed by atoms with Crippen LogP contribution >= 0.6 is 11.6 Å². The van der Waals surface area contributed by atoms with Crippen LogP contribution in [0.4, 0.5) is 0 Å². The van der Waals surface area contributed by atoms with E-state index in [0.717, 1.165) is 0 Å². The number of ether oxygens (including phenoxy) is 1. The molecule has 1 aromatic rings. The maximum absolute atomic E-state index is 11.8. The molecule has 0 bridgehead atoms. The summed E-state index contributed by atoms with van der Waals surface area (Å²) in [6.07, 6.45) is 1.93. The maximum atomic E-state index is 11.8.